The van der Waals surface area contributed by atoms with Crippen LogP contribution in [-0.2, 0) is 4.79 Å². The largest absolute Gasteiger partial charge is 0.352 e. The van der Waals surface area contributed by atoms with Crippen molar-refractivity contribution in [2.45, 2.75) is 45.1 Å². The highest BCUT2D eigenvalue weighted by atomic mass is 32.1. The molecule has 0 saturated heterocycles. The van der Waals surface area contributed by atoms with Gasteiger partial charge in [-0.1, -0.05) is 44.2 Å². The number of unbranched alkanes of at least 4 members (excludes halogenated alkanes) is 1. The Kier molecular flexibility index (Phi) is 7.66. The molecule has 0 fully saturated rings. The number of urea groups is 1. The lowest BCUT2D eigenvalue weighted by Crippen LogP contribution is -2.31. The molecule has 0 aliphatic carbocycles. The molecule has 3 amide bonds. The van der Waals surface area contributed by atoms with Gasteiger partial charge in [-0.3, -0.25) is 4.79 Å². The molecule has 2 aromatic rings. The molecular formula is C20H27N3O2S. The summed E-state index contributed by atoms with van der Waals surface area (Å²) in [4.78, 5) is 24.1. The van der Waals surface area contributed by atoms with Crippen molar-refractivity contribution in [3.63, 3.8) is 0 Å². The molecule has 1 aromatic carbocycles. The molecule has 0 aliphatic rings. The van der Waals surface area contributed by atoms with E-state index < -0.39 is 6.03 Å². The summed E-state index contributed by atoms with van der Waals surface area (Å²) in [6, 6.07) is 11.8. The summed E-state index contributed by atoms with van der Waals surface area (Å²) in [5.41, 5.74) is 7.39. The Hall–Kier alpha value is -2.34. The van der Waals surface area contributed by atoms with Gasteiger partial charge in [0.15, 0.2) is 0 Å². The fraction of sp³-hybridized carbons (Fsp3) is 0.400. The number of hydrogen-bond donors (Lipinski definition) is 3. The Bertz CT molecular complexity index is 696. The van der Waals surface area contributed by atoms with Crippen LogP contribution in [-0.4, -0.2) is 18.5 Å². The molecule has 6 heteroatoms. The lowest BCUT2D eigenvalue weighted by molar-refractivity contribution is -0.121. The van der Waals surface area contributed by atoms with Crippen LogP contribution in [0.3, 0.4) is 0 Å². The lowest BCUT2D eigenvalue weighted by atomic mass is 9.98. The number of amides is 3. The molecule has 5 nitrogen and oxygen atoms in total. The predicted molar refractivity (Wildman–Crippen MR) is 106 cm³/mol. The van der Waals surface area contributed by atoms with Gasteiger partial charge in [-0.15, -0.1) is 11.3 Å². The Morgan fingerprint density at radius 1 is 1.08 bits per heavy atom. The highest BCUT2D eigenvalue weighted by Crippen LogP contribution is 2.27. The monoisotopic (exact) mass is 373 g/mol. The van der Waals surface area contributed by atoms with Gasteiger partial charge in [0, 0.05) is 17.8 Å². The van der Waals surface area contributed by atoms with Crippen molar-refractivity contribution >= 4 is 23.3 Å². The van der Waals surface area contributed by atoms with E-state index in [1.54, 1.807) is 11.3 Å². The van der Waals surface area contributed by atoms with Crippen LogP contribution in [0.25, 0.3) is 0 Å². The maximum Gasteiger partial charge on any atom is 0.312 e. The fourth-order valence-corrected chi connectivity index (χ4v) is 3.51. The van der Waals surface area contributed by atoms with Crippen molar-refractivity contribution in [2.75, 3.05) is 6.54 Å². The van der Waals surface area contributed by atoms with Gasteiger partial charge < -0.3 is 16.4 Å². The minimum atomic E-state index is -0.531. The number of nitrogens with one attached hydrogen (secondary N) is 2. The minimum absolute atomic E-state index is 0.00964. The van der Waals surface area contributed by atoms with Crippen LogP contribution in [0.1, 0.15) is 61.1 Å². The first-order valence-corrected chi connectivity index (χ1v) is 9.81. The molecule has 140 valence electrons. The maximum absolute atomic E-state index is 12.4. The molecule has 1 heterocycles. The Balaban J connectivity index is 1.97. The molecule has 26 heavy (non-hydrogen) atoms. The van der Waals surface area contributed by atoms with E-state index in [0.29, 0.717) is 25.3 Å². The molecule has 0 spiro atoms. The minimum Gasteiger partial charge on any atom is -0.352 e. The summed E-state index contributed by atoms with van der Waals surface area (Å²) in [5.74, 6) is 0.489. The predicted octanol–water partition coefficient (Wildman–Crippen LogP) is 3.92. The van der Waals surface area contributed by atoms with Crippen molar-refractivity contribution in [1.82, 2.24) is 10.6 Å². The van der Waals surface area contributed by atoms with Crippen molar-refractivity contribution < 1.29 is 9.59 Å². The summed E-state index contributed by atoms with van der Waals surface area (Å²) in [5, 5.41) is 7.70. The average Bonchev–Trinajstić information content (AvgIpc) is 3.13. The number of hydrogen-bond acceptors (Lipinski definition) is 3. The van der Waals surface area contributed by atoms with Crippen LogP contribution < -0.4 is 16.4 Å². The van der Waals surface area contributed by atoms with Gasteiger partial charge in [-0.05, 0) is 41.3 Å². The topological polar surface area (TPSA) is 84.2 Å². The van der Waals surface area contributed by atoms with Crippen LogP contribution in [0.2, 0.25) is 0 Å². The third kappa shape index (κ3) is 6.19. The van der Waals surface area contributed by atoms with Gasteiger partial charge in [0.25, 0.3) is 0 Å². The van der Waals surface area contributed by atoms with Crippen molar-refractivity contribution in [1.29, 1.82) is 0 Å². The van der Waals surface area contributed by atoms with E-state index in [0.717, 1.165) is 16.9 Å². The van der Waals surface area contributed by atoms with E-state index in [1.807, 2.05) is 17.5 Å². The van der Waals surface area contributed by atoms with Crippen molar-refractivity contribution in [3.8, 4) is 0 Å². The highest BCUT2D eigenvalue weighted by molar-refractivity contribution is 7.10. The number of carbonyl (C=O) groups excluding carboxylic acids is 2. The van der Waals surface area contributed by atoms with Gasteiger partial charge in [-0.2, -0.15) is 0 Å². The molecule has 0 aliphatic heterocycles. The van der Waals surface area contributed by atoms with E-state index in [-0.39, 0.29) is 11.9 Å². The zero-order valence-corrected chi connectivity index (χ0v) is 16.1. The summed E-state index contributed by atoms with van der Waals surface area (Å²) in [7, 11) is 0. The second-order valence-electron chi connectivity index (χ2n) is 6.59. The quantitative estimate of drug-likeness (QED) is 0.582. The molecule has 4 N–H and O–H groups in total. The van der Waals surface area contributed by atoms with E-state index in [2.05, 4.69) is 48.7 Å². The average molecular weight is 374 g/mol. The second-order valence-corrected chi connectivity index (χ2v) is 7.56. The standard InChI is InChI=1S/C20H27N3O2S/c1-14(2)15-8-10-16(11-9-15)19(17-6-5-13-26-17)23-18(24)7-3-4-12-22-20(21)25/h5-6,8-11,13-14,19H,3-4,7,12H2,1-2H3,(H,23,24)(H3,21,22,25). The third-order valence-corrected chi connectivity index (χ3v) is 5.14. The van der Waals surface area contributed by atoms with E-state index in [9.17, 15) is 9.59 Å². The number of rotatable bonds is 9. The number of primary amides is 1. The molecule has 0 bridgehead atoms. The molecule has 1 aromatic heterocycles. The number of carbonyl (C=O) groups is 2. The lowest BCUT2D eigenvalue weighted by Gasteiger charge is -2.19. The first-order chi connectivity index (χ1) is 12.5. The molecule has 1 unspecified atom stereocenters. The fourth-order valence-electron chi connectivity index (χ4n) is 2.70. The van der Waals surface area contributed by atoms with Gasteiger partial charge in [0.1, 0.15) is 0 Å². The zero-order chi connectivity index (χ0) is 18.9. The van der Waals surface area contributed by atoms with Crippen molar-refractivity contribution in [3.05, 3.63) is 57.8 Å². The van der Waals surface area contributed by atoms with Gasteiger partial charge in [0.05, 0.1) is 6.04 Å². The van der Waals surface area contributed by atoms with Crippen LogP contribution in [0.4, 0.5) is 4.79 Å². The molecule has 0 radical (unpaired) electrons. The van der Waals surface area contributed by atoms with Crippen LogP contribution in [0.5, 0.6) is 0 Å². The second kappa shape index (κ2) is 9.97. The van der Waals surface area contributed by atoms with Gasteiger partial charge in [-0.25, -0.2) is 4.79 Å². The van der Waals surface area contributed by atoms with E-state index >= 15 is 0 Å². The molecule has 2 rings (SSSR count). The Morgan fingerprint density at radius 2 is 1.77 bits per heavy atom. The summed E-state index contributed by atoms with van der Waals surface area (Å²) >= 11 is 1.64. The smallest absolute Gasteiger partial charge is 0.312 e. The number of nitrogens with two attached hydrogens (primary N) is 1. The summed E-state index contributed by atoms with van der Waals surface area (Å²) in [6.07, 6.45) is 1.85. The third-order valence-electron chi connectivity index (χ3n) is 4.20. The summed E-state index contributed by atoms with van der Waals surface area (Å²) in [6.45, 7) is 4.83. The maximum atomic E-state index is 12.4. The Labute approximate surface area is 159 Å². The molecule has 1 atom stereocenters. The van der Waals surface area contributed by atoms with Crippen LogP contribution in [0, 0.1) is 0 Å². The first-order valence-electron chi connectivity index (χ1n) is 8.93. The first kappa shape index (κ1) is 20.0. The number of benzene rings is 1. The number of thiophene rings is 1. The van der Waals surface area contributed by atoms with Crippen molar-refractivity contribution in [2.24, 2.45) is 5.73 Å². The zero-order valence-electron chi connectivity index (χ0n) is 15.3. The van der Waals surface area contributed by atoms with E-state index in [1.165, 1.54) is 5.56 Å². The SMILES string of the molecule is CC(C)c1ccc(C(NC(=O)CCCCNC(N)=O)c2cccs2)cc1. The molecule has 0 saturated carbocycles. The molecular weight excluding hydrogens is 346 g/mol. The van der Waals surface area contributed by atoms with Crippen LogP contribution in [0.15, 0.2) is 41.8 Å². The highest BCUT2D eigenvalue weighted by Gasteiger charge is 2.18. The normalized spacial score (nSPS) is 12.0. The Morgan fingerprint density at radius 3 is 2.35 bits per heavy atom. The van der Waals surface area contributed by atoms with Crippen LogP contribution >= 0.6 is 11.3 Å². The van der Waals surface area contributed by atoms with Gasteiger partial charge >= 0.3 is 6.03 Å². The van der Waals surface area contributed by atoms with Gasteiger partial charge in [0.2, 0.25) is 5.91 Å². The van der Waals surface area contributed by atoms with E-state index in [4.69, 9.17) is 5.73 Å². The summed E-state index contributed by atoms with van der Waals surface area (Å²) < 4.78 is 0.